The Hall–Kier alpha value is -1.75. The smallest absolute Gasteiger partial charge is 0.239 e. The summed E-state index contributed by atoms with van der Waals surface area (Å²) in [4.78, 5) is 11.1. The van der Waals surface area contributed by atoms with Crippen molar-refractivity contribution in [3.05, 3.63) is 23.8 Å². The molecule has 1 fully saturated rings. The lowest BCUT2D eigenvalue weighted by Crippen LogP contribution is -2.60. The van der Waals surface area contributed by atoms with Crippen LogP contribution in [0.2, 0.25) is 0 Å². The monoisotopic (exact) mass is 220 g/mol. The minimum atomic E-state index is -0.489. The molecule has 2 aliphatic heterocycles. The molecule has 0 bridgehead atoms. The van der Waals surface area contributed by atoms with Gasteiger partial charge in [-0.2, -0.15) is 0 Å². The van der Waals surface area contributed by atoms with E-state index in [0.717, 1.165) is 11.3 Å². The average Bonchev–Trinajstić information content (AvgIpc) is 2.35. The number of nitrogens with two attached hydrogens (primary N) is 1. The van der Waals surface area contributed by atoms with Gasteiger partial charge in [0.2, 0.25) is 5.91 Å². The van der Waals surface area contributed by atoms with Crippen LogP contribution in [0.3, 0.4) is 0 Å². The molecule has 0 aromatic heterocycles. The fourth-order valence-electron chi connectivity index (χ4n) is 2.01. The van der Waals surface area contributed by atoms with E-state index in [-0.39, 0.29) is 11.9 Å². The first-order valence-electron chi connectivity index (χ1n) is 5.22. The zero-order valence-corrected chi connectivity index (χ0v) is 8.60. The molecule has 2 unspecified atom stereocenters. The van der Waals surface area contributed by atoms with Gasteiger partial charge in [-0.15, -0.1) is 0 Å². The Labute approximate surface area is 92.5 Å². The van der Waals surface area contributed by atoms with E-state index in [0.29, 0.717) is 19.0 Å². The van der Waals surface area contributed by atoms with Gasteiger partial charge in [-0.25, -0.2) is 0 Å². The third-order valence-electron chi connectivity index (χ3n) is 2.89. The van der Waals surface area contributed by atoms with E-state index in [2.05, 4.69) is 5.32 Å². The highest BCUT2D eigenvalue weighted by molar-refractivity contribution is 5.89. The maximum atomic E-state index is 11.1. The molecule has 0 spiro atoms. The zero-order chi connectivity index (χ0) is 11.1. The number of benzene rings is 1. The maximum Gasteiger partial charge on any atom is 0.239 e. The van der Waals surface area contributed by atoms with Crippen LogP contribution in [0, 0.1) is 0 Å². The van der Waals surface area contributed by atoms with Gasteiger partial charge in [0, 0.05) is 5.56 Å². The predicted octanol–water partition coefficient (Wildman–Crippen LogP) is -0.0440. The summed E-state index contributed by atoms with van der Waals surface area (Å²) in [5.41, 5.74) is 6.62. The van der Waals surface area contributed by atoms with Gasteiger partial charge in [0.15, 0.2) is 11.5 Å². The second-order valence-electron chi connectivity index (χ2n) is 3.88. The Morgan fingerprint density at radius 1 is 1.31 bits per heavy atom. The van der Waals surface area contributed by atoms with Gasteiger partial charge >= 0.3 is 0 Å². The topological polar surface area (TPSA) is 73.6 Å². The van der Waals surface area contributed by atoms with Gasteiger partial charge in [-0.3, -0.25) is 4.79 Å². The molecule has 1 saturated heterocycles. The first-order chi connectivity index (χ1) is 7.77. The van der Waals surface area contributed by atoms with Crippen molar-refractivity contribution in [2.75, 3.05) is 13.2 Å². The van der Waals surface area contributed by atoms with Gasteiger partial charge < -0.3 is 20.5 Å². The lowest BCUT2D eigenvalue weighted by Gasteiger charge is -2.36. The fraction of sp³-hybridized carbons (Fsp3) is 0.364. The summed E-state index contributed by atoms with van der Waals surface area (Å²) in [7, 11) is 0. The second-order valence-corrected chi connectivity index (χ2v) is 3.88. The normalized spacial score (nSPS) is 26.9. The molecule has 1 aromatic rings. The van der Waals surface area contributed by atoms with Crippen molar-refractivity contribution < 1.29 is 14.3 Å². The summed E-state index contributed by atoms with van der Waals surface area (Å²) < 4.78 is 11.0. The van der Waals surface area contributed by atoms with Crippen molar-refractivity contribution in [2.24, 2.45) is 5.73 Å². The summed E-state index contributed by atoms with van der Waals surface area (Å²) in [6.07, 6.45) is 0. The lowest BCUT2D eigenvalue weighted by atomic mass is 9.91. The number of hydrogen-bond acceptors (Lipinski definition) is 4. The number of β-lactam (4-membered cyclic amide) rings is 1. The summed E-state index contributed by atoms with van der Waals surface area (Å²) in [5, 5.41) is 2.76. The quantitative estimate of drug-likeness (QED) is 0.651. The molecule has 0 aliphatic carbocycles. The molecule has 0 saturated carbocycles. The van der Waals surface area contributed by atoms with Gasteiger partial charge in [-0.05, 0) is 6.07 Å². The number of carbonyl (C=O) groups is 1. The minimum Gasteiger partial charge on any atom is -0.486 e. The van der Waals surface area contributed by atoms with Crippen molar-refractivity contribution in [3.63, 3.8) is 0 Å². The van der Waals surface area contributed by atoms with Crippen molar-refractivity contribution in [3.8, 4) is 11.5 Å². The minimum absolute atomic E-state index is 0.126. The number of hydrogen-bond donors (Lipinski definition) is 2. The molecule has 1 amide bonds. The number of nitrogens with one attached hydrogen (secondary N) is 1. The Bertz CT molecular complexity index is 447. The Morgan fingerprint density at radius 3 is 2.88 bits per heavy atom. The molecule has 5 nitrogen and oxygen atoms in total. The van der Waals surface area contributed by atoms with E-state index in [1.807, 2.05) is 18.2 Å². The molecule has 1 aromatic carbocycles. The van der Waals surface area contributed by atoms with Crippen LogP contribution in [0.1, 0.15) is 11.6 Å². The van der Waals surface area contributed by atoms with E-state index in [1.54, 1.807) is 0 Å². The van der Waals surface area contributed by atoms with Crippen LogP contribution in [0.4, 0.5) is 0 Å². The fourth-order valence-corrected chi connectivity index (χ4v) is 2.01. The van der Waals surface area contributed by atoms with E-state index in [4.69, 9.17) is 15.2 Å². The van der Waals surface area contributed by atoms with Gasteiger partial charge in [0.25, 0.3) is 0 Å². The lowest BCUT2D eigenvalue weighted by molar-refractivity contribution is -0.130. The highest BCUT2D eigenvalue weighted by Crippen LogP contribution is 2.39. The molecule has 5 heteroatoms. The van der Waals surface area contributed by atoms with Crippen LogP contribution in [0.25, 0.3) is 0 Å². The largest absolute Gasteiger partial charge is 0.486 e. The molecular weight excluding hydrogens is 208 g/mol. The Balaban J connectivity index is 1.98. The third kappa shape index (κ3) is 1.25. The maximum absolute atomic E-state index is 11.1. The van der Waals surface area contributed by atoms with Gasteiger partial charge in [0.1, 0.15) is 19.3 Å². The van der Waals surface area contributed by atoms with E-state index >= 15 is 0 Å². The second kappa shape index (κ2) is 3.38. The number of rotatable bonds is 1. The molecule has 84 valence electrons. The van der Waals surface area contributed by atoms with E-state index in [9.17, 15) is 4.79 Å². The highest BCUT2D eigenvalue weighted by atomic mass is 16.6. The van der Waals surface area contributed by atoms with Crippen LogP contribution < -0.4 is 20.5 Å². The summed E-state index contributed by atoms with van der Waals surface area (Å²) in [5.74, 6) is 1.30. The number of ether oxygens (including phenoxy) is 2. The first-order valence-corrected chi connectivity index (χ1v) is 5.22. The molecule has 0 radical (unpaired) electrons. The van der Waals surface area contributed by atoms with Crippen LogP contribution >= 0.6 is 0 Å². The SMILES string of the molecule is NC1C(=O)NC1c1cccc2c1OCCO2. The van der Waals surface area contributed by atoms with Crippen molar-refractivity contribution in [2.45, 2.75) is 12.1 Å². The standard InChI is InChI=1S/C11H12N2O3/c12-8-9(13-11(8)14)6-2-1-3-7-10(6)16-5-4-15-7/h1-3,8-9H,4-5,12H2,(H,13,14). The van der Waals surface area contributed by atoms with Crippen molar-refractivity contribution in [1.29, 1.82) is 0 Å². The summed E-state index contributed by atoms with van der Waals surface area (Å²) in [6, 6.07) is 4.97. The molecule has 2 heterocycles. The molecule has 3 rings (SSSR count). The summed E-state index contributed by atoms with van der Waals surface area (Å²) >= 11 is 0. The number of carbonyl (C=O) groups excluding carboxylic acids is 1. The molecule has 16 heavy (non-hydrogen) atoms. The van der Waals surface area contributed by atoms with Crippen LogP contribution in [0.5, 0.6) is 11.5 Å². The van der Waals surface area contributed by atoms with E-state index < -0.39 is 6.04 Å². The third-order valence-corrected chi connectivity index (χ3v) is 2.89. The van der Waals surface area contributed by atoms with Crippen molar-refractivity contribution in [1.82, 2.24) is 5.32 Å². The van der Waals surface area contributed by atoms with Gasteiger partial charge in [0.05, 0.1) is 6.04 Å². The zero-order valence-electron chi connectivity index (χ0n) is 8.60. The number of para-hydroxylation sites is 1. The predicted molar refractivity (Wildman–Crippen MR) is 56.3 cm³/mol. The number of fused-ring (bicyclic) bond motifs is 1. The molecular formula is C11H12N2O3. The van der Waals surface area contributed by atoms with Crippen LogP contribution in [-0.4, -0.2) is 25.2 Å². The van der Waals surface area contributed by atoms with Crippen molar-refractivity contribution >= 4 is 5.91 Å². The van der Waals surface area contributed by atoms with E-state index in [1.165, 1.54) is 0 Å². The Morgan fingerprint density at radius 2 is 2.12 bits per heavy atom. The molecule has 2 atom stereocenters. The number of amides is 1. The highest BCUT2D eigenvalue weighted by Gasteiger charge is 2.39. The Kier molecular flexibility index (Phi) is 2.00. The molecule has 3 N–H and O–H groups in total. The molecule has 2 aliphatic rings. The average molecular weight is 220 g/mol. The van der Waals surface area contributed by atoms with Crippen LogP contribution in [0.15, 0.2) is 18.2 Å². The van der Waals surface area contributed by atoms with Gasteiger partial charge in [-0.1, -0.05) is 12.1 Å². The first kappa shape index (κ1) is 9.47. The summed E-state index contributed by atoms with van der Waals surface area (Å²) in [6.45, 7) is 1.08. The van der Waals surface area contributed by atoms with Crippen LogP contribution in [-0.2, 0) is 4.79 Å².